The molecule has 6 heteroatoms. The molecule has 0 saturated carbocycles. The Kier molecular flexibility index (Phi) is 51.5. The van der Waals surface area contributed by atoms with Gasteiger partial charge in [-0.2, -0.15) is 0 Å². The van der Waals surface area contributed by atoms with Gasteiger partial charge in [-0.25, -0.2) is 0 Å². The first kappa shape index (κ1) is 62.7. The summed E-state index contributed by atoms with van der Waals surface area (Å²) >= 11 is 0. The van der Waals surface area contributed by atoms with Crippen LogP contribution < -0.4 is 22.1 Å². The standard InChI is InChI=1S/C58H114N4O2/c1-3-5-7-9-11-13-15-17-19-21-23-25-27-29-31-33-35-37-39-41-43-48-56(63)58(50-52-60,62-55-46-45-53-61-54-47-51-59)57(64)49-44-42-40-38-36-34-32-30-28-26-24-22-20-18-16-14-12-10-8-6-4-2/h17-20,61-62H,3-16,21-55,59-60H2,1-2H3/b19-17-,20-18-. The molecule has 0 fully saturated rings. The molecule has 0 aliphatic rings. The van der Waals surface area contributed by atoms with Gasteiger partial charge in [-0.15, -0.1) is 0 Å². The lowest BCUT2D eigenvalue weighted by Gasteiger charge is -2.32. The molecule has 0 atom stereocenters. The lowest BCUT2D eigenvalue weighted by Crippen LogP contribution is -2.59. The highest BCUT2D eigenvalue weighted by Crippen LogP contribution is 2.23. The van der Waals surface area contributed by atoms with Gasteiger partial charge in [0.1, 0.15) is 5.54 Å². The van der Waals surface area contributed by atoms with Crippen LogP contribution in [0.1, 0.15) is 296 Å². The summed E-state index contributed by atoms with van der Waals surface area (Å²) in [5, 5.41) is 6.98. The smallest absolute Gasteiger partial charge is 0.160 e. The summed E-state index contributed by atoms with van der Waals surface area (Å²) in [7, 11) is 0. The average molecular weight is 900 g/mol. The molecule has 0 aliphatic carbocycles. The summed E-state index contributed by atoms with van der Waals surface area (Å²) in [5.74, 6) is 0.162. The number of hydrogen-bond acceptors (Lipinski definition) is 6. The zero-order chi connectivity index (χ0) is 46.5. The van der Waals surface area contributed by atoms with Gasteiger partial charge in [0.05, 0.1) is 0 Å². The van der Waals surface area contributed by atoms with Gasteiger partial charge >= 0.3 is 0 Å². The lowest BCUT2D eigenvalue weighted by molar-refractivity contribution is -0.137. The van der Waals surface area contributed by atoms with Crippen LogP contribution in [0.5, 0.6) is 0 Å². The van der Waals surface area contributed by atoms with Crippen molar-refractivity contribution in [1.29, 1.82) is 0 Å². The van der Waals surface area contributed by atoms with E-state index in [1.165, 1.54) is 218 Å². The minimum absolute atomic E-state index is 0.0808. The number of nitrogens with two attached hydrogens (primary N) is 2. The number of carbonyl (C=O) groups excluding carboxylic acids is 2. The quantitative estimate of drug-likeness (QED) is 0.0275. The summed E-state index contributed by atoms with van der Waals surface area (Å²) in [6.45, 7) is 8.16. The Bertz CT molecular complexity index is 948. The van der Waals surface area contributed by atoms with Crippen LogP contribution >= 0.6 is 0 Å². The molecule has 64 heavy (non-hydrogen) atoms. The number of carbonyl (C=O) groups is 2. The molecule has 6 N–H and O–H groups in total. The molecule has 0 unspecified atom stereocenters. The maximum atomic E-state index is 14.0. The number of allylic oxidation sites excluding steroid dienone is 4. The Balaban J connectivity index is 4.33. The van der Waals surface area contributed by atoms with Gasteiger partial charge in [0.2, 0.25) is 0 Å². The molecule has 0 aromatic carbocycles. The maximum absolute atomic E-state index is 14.0. The first-order valence-electron chi connectivity index (χ1n) is 28.8. The minimum Gasteiger partial charge on any atom is -0.330 e. The molecule has 0 aromatic heterocycles. The molecule has 0 aromatic rings. The monoisotopic (exact) mass is 899 g/mol. The summed E-state index contributed by atoms with van der Waals surface area (Å²) < 4.78 is 0. The molecule has 0 aliphatic heterocycles. The molecule has 0 bridgehead atoms. The van der Waals surface area contributed by atoms with Crippen LogP contribution in [-0.4, -0.2) is 49.8 Å². The minimum atomic E-state index is -1.12. The Hall–Kier alpha value is -1.34. The predicted octanol–water partition coefficient (Wildman–Crippen LogP) is 16.3. The van der Waals surface area contributed by atoms with Crippen molar-refractivity contribution in [2.75, 3.05) is 32.7 Å². The normalized spacial score (nSPS) is 12.1. The number of unbranched alkanes of at least 4 members (excludes halogenated alkanes) is 35. The fourth-order valence-corrected chi connectivity index (χ4v) is 9.23. The van der Waals surface area contributed by atoms with Crippen molar-refractivity contribution in [1.82, 2.24) is 10.6 Å². The van der Waals surface area contributed by atoms with E-state index in [1.54, 1.807) is 0 Å². The van der Waals surface area contributed by atoms with Crippen molar-refractivity contribution >= 4 is 11.6 Å². The van der Waals surface area contributed by atoms with E-state index in [0.29, 0.717) is 38.9 Å². The zero-order valence-electron chi connectivity index (χ0n) is 43.4. The van der Waals surface area contributed by atoms with E-state index in [4.69, 9.17) is 11.5 Å². The predicted molar refractivity (Wildman–Crippen MR) is 285 cm³/mol. The molecule has 0 rings (SSSR count). The van der Waals surface area contributed by atoms with E-state index in [9.17, 15) is 9.59 Å². The molecular formula is C58H114N4O2. The second-order valence-electron chi connectivity index (χ2n) is 19.7. The zero-order valence-corrected chi connectivity index (χ0v) is 43.4. The van der Waals surface area contributed by atoms with Gasteiger partial charge in [0.15, 0.2) is 11.6 Å². The van der Waals surface area contributed by atoms with Crippen LogP contribution in [0.4, 0.5) is 0 Å². The molecule has 0 saturated heterocycles. The fraction of sp³-hybridized carbons (Fsp3) is 0.897. The van der Waals surface area contributed by atoms with Crippen molar-refractivity contribution in [3.8, 4) is 0 Å². The Morgan fingerprint density at radius 1 is 0.359 bits per heavy atom. The summed E-state index contributed by atoms with van der Waals surface area (Å²) in [4.78, 5) is 28.0. The second kappa shape index (κ2) is 52.6. The van der Waals surface area contributed by atoms with Crippen LogP contribution in [0.3, 0.4) is 0 Å². The largest absolute Gasteiger partial charge is 0.330 e. The lowest BCUT2D eigenvalue weighted by atomic mass is 9.80. The third-order valence-corrected chi connectivity index (χ3v) is 13.6. The SMILES string of the molecule is CCCCCCCC/C=C\CCCCCCCCCCCCCC(=O)C(CCN)(NCCCCNCCCN)C(=O)CCCCCCCCCCCCC/C=C\CCCCCCCC. The van der Waals surface area contributed by atoms with Gasteiger partial charge in [0, 0.05) is 12.8 Å². The van der Waals surface area contributed by atoms with Crippen LogP contribution in [0.2, 0.25) is 0 Å². The van der Waals surface area contributed by atoms with E-state index < -0.39 is 5.54 Å². The van der Waals surface area contributed by atoms with E-state index in [2.05, 4.69) is 48.8 Å². The Labute approximate surface area is 400 Å². The van der Waals surface area contributed by atoms with E-state index >= 15 is 0 Å². The molecule has 0 heterocycles. The first-order valence-corrected chi connectivity index (χ1v) is 28.8. The summed E-state index contributed by atoms with van der Waals surface area (Å²) in [6.07, 6.45) is 63.2. The molecule has 378 valence electrons. The summed E-state index contributed by atoms with van der Waals surface area (Å²) in [5.41, 5.74) is 10.7. The third kappa shape index (κ3) is 42.0. The molecule has 0 spiro atoms. The van der Waals surface area contributed by atoms with Gasteiger partial charge < -0.3 is 16.8 Å². The highest BCUT2D eigenvalue weighted by molar-refractivity contribution is 6.11. The molecule has 0 amide bonds. The van der Waals surface area contributed by atoms with E-state index in [1.807, 2.05) is 0 Å². The highest BCUT2D eigenvalue weighted by Gasteiger charge is 2.42. The van der Waals surface area contributed by atoms with Crippen molar-refractivity contribution < 1.29 is 9.59 Å². The van der Waals surface area contributed by atoms with Crippen molar-refractivity contribution in [2.24, 2.45) is 11.5 Å². The van der Waals surface area contributed by atoms with Crippen LogP contribution in [-0.2, 0) is 9.59 Å². The van der Waals surface area contributed by atoms with E-state index in [0.717, 1.165) is 58.0 Å². The van der Waals surface area contributed by atoms with Crippen molar-refractivity contribution in [3.63, 3.8) is 0 Å². The second-order valence-corrected chi connectivity index (χ2v) is 19.7. The van der Waals surface area contributed by atoms with Gasteiger partial charge in [-0.05, 0) is 123 Å². The molecular weight excluding hydrogens is 785 g/mol. The molecule has 0 radical (unpaired) electrons. The van der Waals surface area contributed by atoms with Gasteiger partial charge in [0.25, 0.3) is 0 Å². The van der Waals surface area contributed by atoms with Crippen LogP contribution in [0.25, 0.3) is 0 Å². The highest BCUT2D eigenvalue weighted by atomic mass is 16.2. The third-order valence-electron chi connectivity index (χ3n) is 13.6. The summed E-state index contributed by atoms with van der Waals surface area (Å²) in [6, 6.07) is 0. The number of nitrogens with one attached hydrogen (secondary N) is 2. The fourth-order valence-electron chi connectivity index (χ4n) is 9.23. The topological polar surface area (TPSA) is 110 Å². The first-order chi connectivity index (χ1) is 31.6. The van der Waals surface area contributed by atoms with Crippen LogP contribution in [0.15, 0.2) is 24.3 Å². The Morgan fingerprint density at radius 3 is 0.984 bits per heavy atom. The van der Waals surface area contributed by atoms with Crippen LogP contribution in [0, 0.1) is 0 Å². The Morgan fingerprint density at radius 2 is 0.656 bits per heavy atom. The number of hydrogen-bond donors (Lipinski definition) is 4. The van der Waals surface area contributed by atoms with Gasteiger partial charge in [-0.1, -0.05) is 218 Å². The van der Waals surface area contributed by atoms with Crippen molar-refractivity contribution in [3.05, 3.63) is 24.3 Å². The average Bonchev–Trinajstić information content (AvgIpc) is 3.30. The van der Waals surface area contributed by atoms with Crippen molar-refractivity contribution in [2.45, 2.75) is 302 Å². The molecule has 6 nitrogen and oxygen atoms in total. The maximum Gasteiger partial charge on any atom is 0.160 e. The van der Waals surface area contributed by atoms with Gasteiger partial charge in [-0.3, -0.25) is 14.9 Å². The number of Topliss-reactive ketones (excluding diaryl/α,β-unsaturated/α-hetero) is 2. The number of ketones is 2. The van der Waals surface area contributed by atoms with E-state index in [-0.39, 0.29) is 11.6 Å². The number of rotatable bonds is 55.